The first-order valence-electron chi connectivity index (χ1n) is 6.90. The molecule has 0 aromatic heterocycles. The van der Waals surface area contributed by atoms with Gasteiger partial charge in [0.2, 0.25) is 0 Å². The summed E-state index contributed by atoms with van der Waals surface area (Å²) < 4.78 is 10.8. The molecule has 4 heteroatoms. The molecule has 0 aliphatic carbocycles. The van der Waals surface area contributed by atoms with Crippen LogP contribution in [0.2, 0.25) is 5.02 Å². The van der Waals surface area contributed by atoms with Crippen molar-refractivity contribution in [3.8, 4) is 11.5 Å². The van der Waals surface area contributed by atoms with Crippen molar-refractivity contribution >= 4 is 17.3 Å². The Labute approximate surface area is 129 Å². The normalized spacial score (nSPS) is 16.3. The second-order valence-corrected chi connectivity index (χ2v) is 5.70. The molecule has 0 saturated heterocycles. The van der Waals surface area contributed by atoms with Crippen LogP contribution in [0.15, 0.2) is 30.3 Å². The van der Waals surface area contributed by atoms with Crippen LogP contribution in [0, 0.1) is 6.92 Å². The molecule has 1 aliphatic rings. The Morgan fingerprint density at radius 3 is 2.67 bits per heavy atom. The average molecular weight is 304 g/mol. The predicted molar refractivity (Wildman–Crippen MR) is 85.8 cm³/mol. The fourth-order valence-electron chi connectivity index (χ4n) is 2.92. The lowest BCUT2D eigenvalue weighted by molar-refractivity contribution is 0.396. The van der Waals surface area contributed by atoms with Gasteiger partial charge in [0.1, 0.15) is 11.5 Å². The molecule has 21 heavy (non-hydrogen) atoms. The van der Waals surface area contributed by atoms with E-state index in [0.717, 1.165) is 28.5 Å². The summed E-state index contributed by atoms with van der Waals surface area (Å²) in [7, 11) is 3.36. The summed E-state index contributed by atoms with van der Waals surface area (Å²) >= 11 is 6.16. The second-order valence-electron chi connectivity index (χ2n) is 5.27. The zero-order valence-corrected chi connectivity index (χ0v) is 13.1. The summed E-state index contributed by atoms with van der Waals surface area (Å²) in [5.41, 5.74) is 4.69. The first kappa shape index (κ1) is 14.1. The van der Waals surface area contributed by atoms with Gasteiger partial charge in [0.05, 0.1) is 20.3 Å². The van der Waals surface area contributed by atoms with Crippen molar-refractivity contribution in [1.29, 1.82) is 0 Å². The van der Waals surface area contributed by atoms with Gasteiger partial charge in [-0.05, 0) is 54.8 Å². The molecule has 2 aromatic rings. The van der Waals surface area contributed by atoms with Crippen LogP contribution in [-0.2, 0) is 6.42 Å². The number of fused-ring (bicyclic) bond motifs is 1. The molecule has 3 rings (SSSR count). The van der Waals surface area contributed by atoms with Crippen molar-refractivity contribution in [2.45, 2.75) is 19.4 Å². The molecule has 0 bridgehead atoms. The van der Waals surface area contributed by atoms with Crippen LogP contribution >= 0.6 is 11.6 Å². The molecule has 1 aliphatic heterocycles. The quantitative estimate of drug-likeness (QED) is 0.913. The van der Waals surface area contributed by atoms with E-state index in [1.54, 1.807) is 14.2 Å². The number of halogens is 1. The lowest BCUT2D eigenvalue weighted by atomic mass is 10.0. The zero-order valence-electron chi connectivity index (χ0n) is 12.4. The molecule has 0 amide bonds. The van der Waals surface area contributed by atoms with Crippen LogP contribution in [0.25, 0.3) is 0 Å². The Balaban J connectivity index is 1.99. The van der Waals surface area contributed by atoms with Crippen molar-refractivity contribution in [2.75, 3.05) is 19.5 Å². The Kier molecular flexibility index (Phi) is 3.68. The fraction of sp³-hybridized carbons (Fsp3) is 0.294. The molecule has 0 saturated carbocycles. The number of aryl methyl sites for hydroxylation is 1. The van der Waals surface area contributed by atoms with E-state index >= 15 is 0 Å². The Morgan fingerprint density at radius 1 is 1.14 bits per heavy atom. The molecule has 0 radical (unpaired) electrons. The standard InChI is InChI=1S/C17H18ClNO2/c1-10-6-12(18)7-11-8-15(19-17(10)11)14-9-13(20-2)4-5-16(14)21-3/h4-7,9,15,19H,8H2,1-3H3. The SMILES string of the molecule is COc1ccc(OC)c(C2Cc3cc(Cl)cc(C)c3N2)c1. The van der Waals surface area contributed by atoms with Crippen LogP contribution in [0.1, 0.15) is 22.7 Å². The van der Waals surface area contributed by atoms with Gasteiger partial charge >= 0.3 is 0 Å². The van der Waals surface area contributed by atoms with E-state index in [1.807, 2.05) is 30.3 Å². The molecule has 0 fully saturated rings. The Bertz CT molecular complexity index is 685. The molecule has 2 aromatic carbocycles. The van der Waals surface area contributed by atoms with Gasteiger partial charge < -0.3 is 14.8 Å². The summed E-state index contributed by atoms with van der Waals surface area (Å²) in [5.74, 6) is 1.70. The minimum atomic E-state index is 0.169. The maximum absolute atomic E-state index is 6.16. The molecule has 1 unspecified atom stereocenters. The van der Waals surface area contributed by atoms with Gasteiger partial charge in [-0.2, -0.15) is 0 Å². The largest absolute Gasteiger partial charge is 0.497 e. The average Bonchev–Trinajstić information content (AvgIpc) is 2.90. The smallest absolute Gasteiger partial charge is 0.124 e. The monoisotopic (exact) mass is 303 g/mol. The van der Waals surface area contributed by atoms with E-state index in [4.69, 9.17) is 21.1 Å². The van der Waals surface area contributed by atoms with E-state index in [2.05, 4.69) is 12.2 Å². The number of methoxy groups -OCH3 is 2. The summed E-state index contributed by atoms with van der Waals surface area (Å²) in [5, 5.41) is 4.36. The molecule has 3 nitrogen and oxygen atoms in total. The van der Waals surface area contributed by atoms with Gasteiger partial charge in [-0.1, -0.05) is 11.6 Å². The Hall–Kier alpha value is -1.87. The van der Waals surface area contributed by atoms with Crippen LogP contribution in [0.5, 0.6) is 11.5 Å². The lowest BCUT2D eigenvalue weighted by Crippen LogP contribution is -2.08. The second kappa shape index (κ2) is 5.49. The highest BCUT2D eigenvalue weighted by molar-refractivity contribution is 6.30. The summed E-state index contributed by atoms with van der Waals surface area (Å²) in [6.45, 7) is 2.07. The van der Waals surface area contributed by atoms with Gasteiger partial charge in [-0.3, -0.25) is 0 Å². The third-order valence-electron chi connectivity index (χ3n) is 3.94. The van der Waals surface area contributed by atoms with Gasteiger partial charge in [0.25, 0.3) is 0 Å². The highest BCUT2D eigenvalue weighted by Crippen LogP contribution is 2.41. The molecule has 1 N–H and O–H groups in total. The van der Waals surface area contributed by atoms with E-state index < -0.39 is 0 Å². The highest BCUT2D eigenvalue weighted by Gasteiger charge is 2.26. The van der Waals surface area contributed by atoms with Crippen LogP contribution in [0.4, 0.5) is 5.69 Å². The number of anilines is 1. The fourth-order valence-corrected chi connectivity index (χ4v) is 3.22. The molecule has 1 atom stereocenters. The number of rotatable bonds is 3. The lowest BCUT2D eigenvalue weighted by Gasteiger charge is -2.17. The highest BCUT2D eigenvalue weighted by atomic mass is 35.5. The van der Waals surface area contributed by atoms with Crippen molar-refractivity contribution in [3.63, 3.8) is 0 Å². The maximum atomic E-state index is 6.16. The van der Waals surface area contributed by atoms with Crippen LogP contribution in [0.3, 0.4) is 0 Å². The van der Waals surface area contributed by atoms with E-state index in [0.29, 0.717) is 0 Å². The number of hydrogen-bond acceptors (Lipinski definition) is 3. The third kappa shape index (κ3) is 2.54. The van der Waals surface area contributed by atoms with E-state index in [1.165, 1.54) is 16.8 Å². The van der Waals surface area contributed by atoms with Crippen LogP contribution < -0.4 is 14.8 Å². The number of ether oxygens (including phenoxy) is 2. The third-order valence-corrected chi connectivity index (χ3v) is 4.16. The summed E-state index contributed by atoms with van der Waals surface area (Å²) in [6, 6.07) is 10.1. The minimum absolute atomic E-state index is 0.169. The summed E-state index contributed by atoms with van der Waals surface area (Å²) in [6.07, 6.45) is 0.889. The Morgan fingerprint density at radius 2 is 1.95 bits per heavy atom. The zero-order chi connectivity index (χ0) is 15.0. The topological polar surface area (TPSA) is 30.5 Å². The maximum Gasteiger partial charge on any atom is 0.124 e. The van der Waals surface area contributed by atoms with E-state index in [-0.39, 0.29) is 6.04 Å². The van der Waals surface area contributed by atoms with Crippen LogP contribution in [-0.4, -0.2) is 14.2 Å². The molecular weight excluding hydrogens is 286 g/mol. The molecule has 0 spiro atoms. The number of nitrogens with one attached hydrogen (secondary N) is 1. The molecule has 1 heterocycles. The van der Waals surface area contributed by atoms with Gasteiger partial charge in [0, 0.05) is 16.3 Å². The van der Waals surface area contributed by atoms with Crippen molar-refractivity contribution in [2.24, 2.45) is 0 Å². The van der Waals surface area contributed by atoms with Crippen molar-refractivity contribution < 1.29 is 9.47 Å². The van der Waals surface area contributed by atoms with Crippen molar-refractivity contribution in [1.82, 2.24) is 0 Å². The minimum Gasteiger partial charge on any atom is -0.497 e. The van der Waals surface area contributed by atoms with E-state index in [9.17, 15) is 0 Å². The van der Waals surface area contributed by atoms with Gasteiger partial charge in [0.15, 0.2) is 0 Å². The first-order valence-corrected chi connectivity index (χ1v) is 7.27. The van der Waals surface area contributed by atoms with Crippen molar-refractivity contribution in [3.05, 3.63) is 52.0 Å². The molecular formula is C17H18ClNO2. The number of benzene rings is 2. The predicted octanol–water partition coefficient (Wildman–Crippen LogP) is 4.37. The molecule has 110 valence electrons. The van der Waals surface area contributed by atoms with Gasteiger partial charge in [-0.15, -0.1) is 0 Å². The van der Waals surface area contributed by atoms with Gasteiger partial charge in [-0.25, -0.2) is 0 Å². The number of hydrogen-bond donors (Lipinski definition) is 1. The summed E-state index contributed by atoms with van der Waals surface area (Å²) in [4.78, 5) is 0. The first-order chi connectivity index (χ1) is 10.1.